The molecular formula is C14H15BrFNO3. The molecule has 0 saturated carbocycles. The first-order valence-corrected chi connectivity index (χ1v) is 7.14. The van der Waals surface area contributed by atoms with E-state index in [1.54, 1.807) is 13.1 Å². The number of nitrogens with zero attached hydrogens (tertiary/aromatic N) is 1. The molecule has 1 aliphatic rings. The van der Waals surface area contributed by atoms with Crippen molar-refractivity contribution in [3.8, 4) is 0 Å². The van der Waals surface area contributed by atoms with Crippen molar-refractivity contribution in [2.24, 2.45) is 5.92 Å². The minimum absolute atomic E-state index is 0.109. The summed E-state index contributed by atoms with van der Waals surface area (Å²) in [5.41, 5.74) is 0.510. The highest BCUT2D eigenvalue weighted by molar-refractivity contribution is 9.10. The smallest absolute Gasteiger partial charge is 0.308 e. The summed E-state index contributed by atoms with van der Waals surface area (Å²) >= 11 is 3.07. The number of carbonyl (C=O) groups excluding carboxylic acids is 1. The van der Waals surface area contributed by atoms with Crippen molar-refractivity contribution in [2.45, 2.75) is 25.3 Å². The van der Waals surface area contributed by atoms with Gasteiger partial charge in [0.25, 0.3) is 0 Å². The van der Waals surface area contributed by atoms with E-state index in [2.05, 4.69) is 15.9 Å². The molecular weight excluding hydrogens is 329 g/mol. The van der Waals surface area contributed by atoms with Gasteiger partial charge >= 0.3 is 5.97 Å². The Kier molecular flexibility index (Phi) is 4.42. The number of carboxylic acids is 1. The van der Waals surface area contributed by atoms with E-state index in [-0.39, 0.29) is 5.91 Å². The van der Waals surface area contributed by atoms with Crippen LogP contribution in [-0.2, 0) is 9.59 Å². The summed E-state index contributed by atoms with van der Waals surface area (Å²) in [5, 5.41) is 9.38. The number of halogens is 2. The lowest BCUT2D eigenvalue weighted by molar-refractivity contribution is -0.145. The van der Waals surface area contributed by atoms with Crippen molar-refractivity contribution in [3.63, 3.8) is 0 Å². The molecule has 108 valence electrons. The second-order valence-corrected chi connectivity index (χ2v) is 5.81. The normalized spacial score (nSPS) is 23.6. The van der Waals surface area contributed by atoms with E-state index in [9.17, 15) is 19.1 Å². The molecule has 1 heterocycles. The largest absolute Gasteiger partial charge is 0.481 e. The molecule has 2 atom stereocenters. The summed E-state index contributed by atoms with van der Waals surface area (Å²) in [6, 6.07) is 3.85. The van der Waals surface area contributed by atoms with E-state index in [0.29, 0.717) is 29.3 Å². The quantitative estimate of drug-likeness (QED) is 0.897. The predicted octanol–water partition coefficient (Wildman–Crippen LogP) is 2.97. The molecule has 1 N–H and O–H groups in total. The van der Waals surface area contributed by atoms with Crippen molar-refractivity contribution in [3.05, 3.63) is 34.1 Å². The summed E-state index contributed by atoms with van der Waals surface area (Å²) in [5.74, 6) is -2.24. The zero-order valence-electron chi connectivity index (χ0n) is 11.0. The summed E-state index contributed by atoms with van der Waals surface area (Å²) in [4.78, 5) is 24.8. The van der Waals surface area contributed by atoms with Gasteiger partial charge in [-0.05, 0) is 46.5 Å². The van der Waals surface area contributed by atoms with Crippen LogP contribution in [0, 0.1) is 11.7 Å². The summed E-state index contributed by atoms with van der Waals surface area (Å²) < 4.78 is 14.0. The van der Waals surface area contributed by atoms with Gasteiger partial charge in [-0.3, -0.25) is 9.59 Å². The second-order valence-electron chi connectivity index (χ2n) is 4.96. The number of hydrogen-bond acceptors (Lipinski definition) is 2. The third kappa shape index (κ3) is 2.85. The zero-order chi connectivity index (χ0) is 14.9. The monoisotopic (exact) mass is 343 g/mol. The third-order valence-corrected chi connectivity index (χ3v) is 4.34. The summed E-state index contributed by atoms with van der Waals surface area (Å²) in [6.45, 7) is 0. The minimum Gasteiger partial charge on any atom is -0.481 e. The Bertz CT molecular complexity index is 549. The van der Waals surface area contributed by atoms with Gasteiger partial charge in [-0.2, -0.15) is 0 Å². The lowest BCUT2D eigenvalue weighted by Crippen LogP contribution is -2.36. The number of rotatable bonds is 2. The average Bonchev–Trinajstić information content (AvgIpc) is 2.54. The van der Waals surface area contributed by atoms with Crippen molar-refractivity contribution in [1.82, 2.24) is 4.90 Å². The molecule has 0 bridgehead atoms. The standard InChI is InChI=1S/C14H15BrFNO3/c1-17-12(18)4-2-3-9(14(19)20)13(17)8-5-6-10(15)11(16)7-8/h5-7,9,13H,2-4H2,1H3,(H,19,20). The number of amides is 1. The van der Waals surface area contributed by atoms with Crippen LogP contribution in [0.15, 0.2) is 22.7 Å². The van der Waals surface area contributed by atoms with Gasteiger partial charge in [0.2, 0.25) is 5.91 Å². The number of likely N-dealkylation sites (tertiary alicyclic amines) is 1. The molecule has 0 spiro atoms. The molecule has 4 nitrogen and oxygen atoms in total. The fraction of sp³-hybridized carbons (Fsp3) is 0.429. The molecule has 6 heteroatoms. The van der Waals surface area contributed by atoms with Gasteiger partial charge in [0.1, 0.15) is 5.82 Å². The van der Waals surface area contributed by atoms with Crippen LogP contribution in [0.3, 0.4) is 0 Å². The lowest BCUT2D eigenvalue weighted by atomic mass is 9.89. The highest BCUT2D eigenvalue weighted by atomic mass is 79.9. The summed E-state index contributed by atoms with van der Waals surface area (Å²) in [7, 11) is 1.58. The van der Waals surface area contributed by atoms with E-state index < -0.39 is 23.7 Å². The Labute approximate surface area is 124 Å². The maximum Gasteiger partial charge on any atom is 0.308 e. The number of carbonyl (C=O) groups is 2. The Hall–Kier alpha value is -1.43. The first kappa shape index (κ1) is 15.0. The van der Waals surface area contributed by atoms with Crippen LogP contribution in [0.1, 0.15) is 30.9 Å². The van der Waals surface area contributed by atoms with Gasteiger partial charge in [0.15, 0.2) is 0 Å². The average molecular weight is 344 g/mol. The van der Waals surface area contributed by atoms with Crippen molar-refractivity contribution in [1.29, 1.82) is 0 Å². The SMILES string of the molecule is CN1C(=O)CCCC(C(=O)O)C1c1ccc(Br)c(F)c1. The number of aliphatic carboxylic acids is 1. The molecule has 1 amide bonds. The van der Waals surface area contributed by atoms with E-state index >= 15 is 0 Å². The van der Waals surface area contributed by atoms with Crippen LogP contribution >= 0.6 is 15.9 Å². The molecule has 1 aromatic carbocycles. The second kappa shape index (κ2) is 5.91. The Morgan fingerprint density at radius 3 is 2.80 bits per heavy atom. The van der Waals surface area contributed by atoms with E-state index in [0.717, 1.165) is 0 Å². The minimum atomic E-state index is -0.958. The molecule has 1 fully saturated rings. The maximum atomic E-state index is 13.7. The van der Waals surface area contributed by atoms with E-state index in [1.165, 1.54) is 17.0 Å². The van der Waals surface area contributed by atoms with E-state index in [1.807, 2.05) is 0 Å². The molecule has 1 aromatic rings. The van der Waals surface area contributed by atoms with Crippen LogP contribution in [0.5, 0.6) is 0 Å². The highest BCUT2D eigenvalue weighted by Gasteiger charge is 2.37. The van der Waals surface area contributed by atoms with Gasteiger partial charge in [-0.1, -0.05) is 6.07 Å². The maximum absolute atomic E-state index is 13.7. The fourth-order valence-corrected chi connectivity index (χ4v) is 2.89. The Morgan fingerprint density at radius 2 is 2.20 bits per heavy atom. The first-order valence-electron chi connectivity index (χ1n) is 6.35. The van der Waals surface area contributed by atoms with Crippen LogP contribution in [0.4, 0.5) is 4.39 Å². The topological polar surface area (TPSA) is 57.6 Å². The zero-order valence-corrected chi connectivity index (χ0v) is 12.6. The molecule has 2 rings (SSSR count). The first-order chi connectivity index (χ1) is 9.41. The van der Waals surface area contributed by atoms with Crippen LogP contribution in [0.2, 0.25) is 0 Å². The van der Waals surface area contributed by atoms with Crippen LogP contribution in [0.25, 0.3) is 0 Å². The van der Waals surface area contributed by atoms with Crippen molar-refractivity contribution in [2.75, 3.05) is 7.05 Å². The van der Waals surface area contributed by atoms with Gasteiger partial charge in [-0.15, -0.1) is 0 Å². The van der Waals surface area contributed by atoms with Gasteiger partial charge in [0.05, 0.1) is 16.4 Å². The number of hydrogen-bond donors (Lipinski definition) is 1. The molecule has 0 aromatic heterocycles. The van der Waals surface area contributed by atoms with E-state index in [4.69, 9.17) is 0 Å². The molecule has 1 saturated heterocycles. The highest BCUT2D eigenvalue weighted by Crippen LogP contribution is 2.36. The molecule has 0 aliphatic carbocycles. The summed E-state index contributed by atoms with van der Waals surface area (Å²) in [6.07, 6.45) is 1.28. The molecule has 1 aliphatic heterocycles. The van der Waals surface area contributed by atoms with Crippen molar-refractivity contribution >= 4 is 27.8 Å². The van der Waals surface area contributed by atoms with Gasteiger partial charge in [0, 0.05) is 13.5 Å². The van der Waals surface area contributed by atoms with Crippen LogP contribution in [-0.4, -0.2) is 28.9 Å². The lowest BCUT2D eigenvalue weighted by Gasteiger charge is -2.30. The molecule has 2 unspecified atom stereocenters. The Balaban J connectivity index is 2.47. The number of carboxylic acid groups (broad SMARTS) is 1. The predicted molar refractivity (Wildman–Crippen MR) is 74.6 cm³/mol. The van der Waals surface area contributed by atoms with Crippen molar-refractivity contribution < 1.29 is 19.1 Å². The number of benzene rings is 1. The third-order valence-electron chi connectivity index (χ3n) is 3.70. The van der Waals surface area contributed by atoms with Crippen LogP contribution < -0.4 is 0 Å². The fourth-order valence-electron chi connectivity index (χ4n) is 2.64. The van der Waals surface area contributed by atoms with Gasteiger partial charge in [-0.25, -0.2) is 4.39 Å². The molecule has 0 radical (unpaired) electrons. The van der Waals surface area contributed by atoms with Gasteiger partial charge < -0.3 is 10.0 Å². The molecule has 20 heavy (non-hydrogen) atoms. The Morgan fingerprint density at radius 1 is 1.50 bits per heavy atom.